The Morgan fingerprint density at radius 1 is 1.38 bits per heavy atom. The zero-order valence-corrected chi connectivity index (χ0v) is 15.0. The molecule has 136 valence electrons. The summed E-state index contributed by atoms with van der Waals surface area (Å²) in [4.78, 5) is 7.07. The molecule has 0 aromatic carbocycles. The number of hydrogen-bond acceptors (Lipinski definition) is 4. The Kier molecular flexibility index (Phi) is 8.70. The first-order chi connectivity index (χ1) is 11.8. The first-order valence-corrected chi connectivity index (χ1v) is 9.08. The quantitative estimate of drug-likeness (QED) is 0.426. The van der Waals surface area contributed by atoms with E-state index in [0.717, 1.165) is 63.8 Å². The molecule has 1 fully saturated rings. The van der Waals surface area contributed by atoms with Gasteiger partial charge in [0, 0.05) is 39.4 Å². The van der Waals surface area contributed by atoms with Crippen molar-refractivity contribution in [2.75, 3.05) is 39.4 Å². The van der Waals surface area contributed by atoms with Gasteiger partial charge in [-0.2, -0.15) is 0 Å². The molecule has 1 aliphatic rings. The highest BCUT2D eigenvalue weighted by Gasteiger charge is 2.21. The van der Waals surface area contributed by atoms with E-state index < -0.39 is 0 Å². The third kappa shape index (κ3) is 6.53. The molecule has 6 nitrogen and oxygen atoms in total. The summed E-state index contributed by atoms with van der Waals surface area (Å²) in [5.74, 6) is 1.88. The fourth-order valence-corrected chi connectivity index (χ4v) is 2.81. The minimum absolute atomic E-state index is 0.407. The van der Waals surface area contributed by atoms with E-state index in [9.17, 15) is 0 Å². The minimum Gasteiger partial charge on any atom is -0.467 e. The van der Waals surface area contributed by atoms with Crippen molar-refractivity contribution in [3.05, 3.63) is 24.2 Å². The Bertz CT molecular complexity index is 454. The van der Waals surface area contributed by atoms with Gasteiger partial charge in [0.2, 0.25) is 0 Å². The summed E-state index contributed by atoms with van der Waals surface area (Å²) in [6.45, 7) is 9.86. The summed E-state index contributed by atoms with van der Waals surface area (Å²) in [6.07, 6.45) is 5.13. The normalized spacial score (nSPS) is 16.6. The van der Waals surface area contributed by atoms with E-state index in [4.69, 9.17) is 18.9 Å². The number of nitrogens with one attached hydrogen (secondary N) is 1. The lowest BCUT2D eigenvalue weighted by Gasteiger charge is -2.34. The molecule has 1 aliphatic heterocycles. The standard InChI is InChI=1S/C18H31N3O3/c1-3-19-18(21-11-8-16(9-12-21)23-4-2)20-10-6-13-22-15-17-7-5-14-24-17/h5,7,14,16H,3-4,6,8-13,15H2,1-2H3,(H,19,20). The largest absolute Gasteiger partial charge is 0.467 e. The van der Waals surface area contributed by atoms with Gasteiger partial charge in [-0.3, -0.25) is 4.99 Å². The van der Waals surface area contributed by atoms with Crippen molar-refractivity contribution in [1.82, 2.24) is 10.2 Å². The van der Waals surface area contributed by atoms with Gasteiger partial charge in [0.05, 0.1) is 12.4 Å². The van der Waals surface area contributed by atoms with Gasteiger partial charge < -0.3 is 24.1 Å². The molecule has 6 heteroatoms. The third-order valence-corrected chi connectivity index (χ3v) is 4.01. The number of aliphatic imine (C=N–C) groups is 1. The van der Waals surface area contributed by atoms with Gasteiger partial charge in [0.15, 0.2) is 5.96 Å². The third-order valence-electron chi connectivity index (χ3n) is 4.01. The molecule has 2 heterocycles. The molecule has 0 saturated carbocycles. The molecule has 0 atom stereocenters. The van der Waals surface area contributed by atoms with E-state index in [0.29, 0.717) is 19.3 Å². The van der Waals surface area contributed by atoms with Gasteiger partial charge in [0.1, 0.15) is 12.4 Å². The van der Waals surface area contributed by atoms with E-state index in [1.165, 1.54) is 0 Å². The number of nitrogens with zero attached hydrogens (tertiary/aromatic N) is 2. The van der Waals surface area contributed by atoms with Gasteiger partial charge in [-0.15, -0.1) is 0 Å². The van der Waals surface area contributed by atoms with Crippen molar-refractivity contribution in [3.63, 3.8) is 0 Å². The number of likely N-dealkylation sites (tertiary alicyclic amines) is 1. The van der Waals surface area contributed by atoms with Crippen LogP contribution in [0, 0.1) is 0 Å². The molecule has 1 N–H and O–H groups in total. The maximum Gasteiger partial charge on any atom is 0.193 e. The number of ether oxygens (including phenoxy) is 2. The van der Waals surface area contributed by atoms with E-state index in [-0.39, 0.29) is 0 Å². The molecule has 1 saturated heterocycles. The van der Waals surface area contributed by atoms with Crippen molar-refractivity contribution < 1.29 is 13.9 Å². The van der Waals surface area contributed by atoms with Crippen LogP contribution in [0.2, 0.25) is 0 Å². The molecule has 24 heavy (non-hydrogen) atoms. The van der Waals surface area contributed by atoms with Crippen molar-refractivity contribution >= 4 is 5.96 Å². The second kappa shape index (κ2) is 11.1. The Morgan fingerprint density at radius 2 is 2.21 bits per heavy atom. The summed E-state index contributed by atoms with van der Waals surface area (Å²) in [6, 6.07) is 3.80. The lowest BCUT2D eigenvalue weighted by atomic mass is 10.1. The number of hydrogen-bond donors (Lipinski definition) is 1. The maximum atomic E-state index is 5.72. The highest BCUT2D eigenvalue weighted by Crippen LogP contribution is 2.13. The first-order valence-electron chi connectivity index (χ1n) is 9.08. The fourth-order valence-electron chi connectivity index (χ4n) is 2.81. The van der Waals surface area contributed by atoms with Crippen LogP contribution >= 0.6 is 0 Å². The lowest BCUT2D eigenvalue weighted by Crippen LogP contribution is -2.47. The first kappa shape index (κ1) is 18.8. The smallest absolute Gasteiger partial charge is 0.193 e. The fraction of sp³-hybridized carbons (Fsp3) is 0.722. The second-order valence-corrected chi connectivity index (χ2v) is 5.86. The molecule has 0 radical (unpaired) electrons. The zero-order chi connectivity index (χ0) is 17.0. The lowest BCUT2D eigenvalue weighted by molar-refractivity contribution is 0.0263. The minimum atomic E-state index is 0.407. The van der Waals surface area contributed by atoms with Crippen LogP contribution in [0.1, 0.15) is 38.9 Å². The van der Waals surface area contributed by atoms with Gasteiger partial charge in [0.25, 0.3) is 0 Å². The highest BCUT2D eigenvalue weighted by molar-refractivity contribution is 5.80. The molecular formula is C18H31N3O3. The summed E-state index contributed by atoms with van der Waals surface area (Å²) >= 11 is 0. The summed E-state index contributed by atoms with van der Waals surface area (Å²) in [5.41, 5.74) is 0. The monoisotopic (exact) mass is 337 g/mol. The SMILES string of the molecule is CCNC(=NCCCOCc1ccco1)N1CCC(OCC)CC1. The Labute approximate surface area is 145 Å². The van der Waals surface area contributed by atoms with Crippen LogP contribution in [0.15, 0.2) is 27.8 Å². The Balaban J connectivity index is 1.66. The predicted octanol–water partition coefficient (Wildman–Crippen LogP) is 2.65. The molecule has 0 aliphatic carbocycles. The number of furan rings is 1. The van der Waals surface area contributed by atoms with E-state index >= 15 is 0 Å². The average molecular weight is 337 g/mol. The van der Waals surface area contributed by atoms with Crippen molar-refractivity contribution in [1.29, 1.82) is 0 Å². The van der Waals surface area contributed by atoms with Gasteiger partial charge in [-0.1, -0.05) is 0 Å². The molecular weight excluding hydrogens is 306 g/mol. The summed E-state index contributed by atoms with van der Waals surface area (Å²) < 4.78 is 16.5. The number of rotatable bonds is 9. The average Bonchev–Trinajstić information content (AvgIpc) is 3.11. The van der Waals surface area contributed by atoms with Crippen LogP contribution < -0.4 is 5.32 Å². The highest BCUT2D eigenvalue weighted by atomic mass is 16.5. The Hall–Kier alpha value is -1.53. The van der Waals surface area contributed by atoms with Crippen molar-refractivity contribution in [2.45, 2.75) is 45.8 Å². The van der Waals surface area contributed by atoms with E-state index in [2.05, 4.69) is 24.1 Å². The molecule has 0 spiro atoms. The van der Waals surface area contributed by atoms with Gasteiger partial charge in [-0.05, 0) is 45.2 Å². The van der Waals surface area contributed by atoms with Crippen LogP contribution in [-0.4, -0.2) is 56.4 Å². The van der Waals surface area contributed by atoms with Gasteiger partial charge in [-0.25, -0.2) is 0 Å². The zero-order valence-electron chi connectivity index (χ0n) is 15.0. The number of piperidine rings is 1. The maximum absolute atomic E-state index is 5.72. The number of guanidine groups is 1. The molecule has 0 amide bonds. The van der Waals surface area contributed by atoms with Crippen molar-refractivity contribution in [3.8, 4) is 0 Å². The van der Waals surface area contributed by atoms with Crippen LogP contribution in [-0.2, 0) is 16.1 Å². The second-order valence-electron chi connectivity index (χ2n) is 5.86. The molecule has 0 unspecified atom stereocenters. The molecule has 2 rings (SSSR count). The van der Waals surface area contributed by atoms with Crippen molar-refractivity contribution in [2.24, 2.45) is 4.99 Å². The summed E-state index contributed by atoms with van der Waals surface area (Å²) in [5, 5.41) is 3.39. The van der Waals surface area contributed by atoms with Crippen LogP contribution in [0.5, 0.6) is 0 Å². The van der Waals surface area contributed by atoms with Gasteiger partial charge >= 0.3 is 0 Å². The van der Waals surface area contributed by atoms with E-state index in [1.807, 2.05) is 12.1 Å². The molecule has 0 bridgehead atoms. The van der Waals surface area contributed by atoms with Crippen LogP contribution in [0.25, 0.3) is 0 Å². The summed E-state index contributed by atoms with van der Waals surface area (Å²) in [7, 11) is 0. The molecule has 1 aromatic rings. The molecule has 1 aromatic heterocycles. The topological polar surface area (TPSA) is 59.2 Å². The van der Waals surface area contributed by atoms with Crippen LogP contribution in [0.3, 0.4) is 0 Å². The van der Waals surface area contributed by atoms with Crippen LogP contribution in [0.4, 0.5) is 0 Å². The predicted molar refractivity (Wildman–Crippen MR) is 95.2 cm³/mol. The Morgan fingerprint density at radius 3 is 2.88 bits per heavy atom. The van der Waals surface area contributed by atoms with E-state index in [1.54, 1.807) is 6.26 Å².